The summed E-state index contributed by atoms with van der Waals surface area (Å²) >= 11 is 0. The molecule has 1 N–H and O–H groups in total. The Hall–Kier alpha value is -3.52. The molecule has 0 atom stereocenters. The van der Waals surface area contributed by atoms with Crippen molar-refractivity contribution >= 4 is 22.4 Å². The predicted octanol–water partition coefficient (Wildman–Crippen LogP) is 4.36. The summed E-state index contributed by atoms with van der Waals surface area (Å²) in [6.45, 7) is 0.122. The van der Waals surface area contributed by atoms with Gasteiger partial charge in [0.15, 0.2) is 0 Å². The van der Waals surface area contributed by atoms with Crippen molar-refractivity contribution in [3.8, 4) is 6.07 Å². The lowest BCUT2D eigenvalue weighted by Gasteiger charge is -2.04. The number of rotatable bonds is 6. The van der Waals surface area contributed by atoms with Gasteiger partial charge in [-0.2, -0.15) is 5.26 Å². The largest absolute Gasteiger partial charge is 0.461 e. The van der Waals surface area contributed by atoms with Gasteiger partial charge in [0.2, 0.25) is 0 Å². The molecule has 5 heteroatoms. The third-order valence-electron chi connectivity index (χ3n) is 4.76. The first kappa shape index (κ1) is 16.9. The number of carbonyl (C=O) groups is 1. The summed E-state index contributed by atoms with van der Waals surface area (Å²) in [5.41, 5.74) is 4.44. The third-order valence-corrected chi connectivity index (χ3v) is 4.76. The number of para-hydroxylation sites is 1. The number of fused-ring (bicyclic) bond motifs is 2. The predicted molar refractivity (Wildman–Crippen MR) is 103 cm³/mol. The van der Waals surface area contributed by atoms with Gasteiger partial charge in [-0.25, -0.2) is 0 Å². The van der Waals surface area contributed by atoms with Gasteiger partial charge < -0.3 is 14.1 Å². The molecule has 1 aromatic carbocycles. The summed E-state index contributed by atoms with van der Waals surface area (Å²) in [7, 11) is 0. The monoisotopic (exact) mass is 357 g/mol. The fourth-order valence-corrected chi connectivity index (χ4v) is 3.41. The Morgan fingerprint density at radius 1 is 1.15 bits per heavy atom. The Bertz CT molecular complexity index is 1150. The number of ether oxygens (including phenoxy) is 1. The minimum absolute atomic E-state index is 0.122. The molecule has 4 aromatic rings. The first-order chi connectivity index (χ1) is 13.3. The Morgan fingerprint density at radius 2 is 2.00 bits per heavy atom. The number of nitriles is 1. The van der Waals surface area contributed by atoms with E-state index in [1.807, 2.05) is 59.4 Å². The molecular formula is C22H19N3O2. The van der Waals surface area contributed by atoms with E-state index in [1.54, 1.807) is 0 Å². The van der Waals surface area contributed by atoms with E-state index >= 15 is 0 Å². The zero-order valence-corrected chi connectivity index (χ0v) is 14.8. The standard InChI is InChI=1S/C22H19N3O2/c23-12-19-17(14-25-11-4-3-9-21(19)25)15-27-22(26)10-5-6-16-13-24-20-8-2-1-7-18(16)20/h1-4,7-9,11,13-14,24H,5-6,10,15H2. The molecule has 0 aliphatic carbocycles. The number of nitrogens with zero attached hydrogens (tertiary/aromatic N) is 2. The molecule has 0 aliphatic heterocycles. The topological polar surface area (TPSA) is 70.3 Å². The minimum Gasteiger partial charge on any atom is -0.461 e. The average molecular weight is 357 g/mol. The van der Waals surface area contributed by atoms with Crippen molar-refractivity contribution in [3.63, 3.8) is 0 Å². The number of benzene rings is 1. The van der Waals surface area contributed by atoms with Gasteiger partial charge in [-0.05, 0) is 36.6 Å². The quantitative estimate of drug-likeness (QED) is 0.521. The van der Waals surface area contributed by atoms with E-state index in [-0.39, 0.29) is 12.6 Å². The molecule has 27 heavy (non-hydrogen) atoms. The lowest BCUT2D eigenvalue weighted by molar-refractivity contribution is -0.145. The Morgan fingerprint density at radius 3 is 2.89 bits per heavy atom. The molecule has 0 amide bonds. The number of hydrogen-bond acceptors (Lipinski definition) is 3. The van der Waals surface area contributed by atoms with Crippen LogP contribution in [0.1, 0.15) is 29.5 Å². The lowest BCUT2D eigenvalue weighted by atomic mass is 10.1. The fraction of sp³-hybridized carbons (Fsp3) is 0.182. The summed E-state index contributed by atoms with van der Waals surface area (Å²) in [5, 5.41) is 10.6. The van der Waals surface area contributed by atoms with Crippen LogP contribution in [0.2, 0.25) is 0 Å². The van der Waals surface area contributed by atoms with E-state index in [0.717, 1.165) is 29.4 Å². The summed E-state index contributed by atoms with van der Waals surface area (Å²) < 4.78 is 7.27. The molecule has 0 radical (unpaired) electrons. The van der Waals surface area contributed by atoms with Gasteiger partial charge in [0, 0.05) is 41.5 Å². The van der Waals surface area contributed by atoms with Crippen molar-refractivity contribution in [1.29, 1.82) is 5.26 Å². The van der Waals surface area contributed by atoms with Gasteiger partial charge in [0.25, 0.3) is 0 Å². The van der Waals surface area contributed by atoms with Crippen LogP contribution in [0.5, 0.6) is 0 Å². The SMILES string of the molecule is N#Cc1c(COC(=O)CCCc2c[nH]c3ccccc23)cn2ccccc12. The molecule has 0 spiro atoms. The van der Waals surface area contributed by atoms with Gasteiger partial charge in [-0.3, -0.25) is 4.79 Å². The normalized spacial score (nSPS) is 10.9. The van der Waals surface area contributed by atoms with Crippen molar-refractivity contribution < 1.29 is 9.53 Å². The van der Waals surface area contributed by atoms with Crippen LogP contribution < -0.4 is 0 Å². The fourth-order valence-electron chi connectivity index (χ4n) is 3.41. The van der Waals surface area contributed by atoms with Gasteiger partial charge in [0.05, 0.1) is 11.1 Å². The second-order valence-corrected chi connectivity index (χ2v) is 6.51. The smallest absolute Gasteiger partial charge is 0.306 e. The molecule has 0 fully saturated rings. The Balaban J connectivity index is 1.33. The molecule has 0 saturated heterocycles. The minimum atomic E-state index is -0.242. The van der Waals surface area contributed by atoms with Crippen molar-refractivity contribution in [3.05, 3.63) is 77.7 Å². The number of aryl methyl sites for hydroxylation is 1. The highest BCUT2D eigenvalue weighted by Gasteiger charge is 2.12. The number of nitrogens with one attached hydrogen (secondary N) is 1. The van der Waals surface area contributed by atoms with Gasteiger partial charge in [-0.15, -0.1) is 0 Å². The van der Waals surface area contributed by atoms with Crippen LogP contribution in [-0.2, 0) is 22.6 Å². The number of aromatic amines is 1. The lowest BCUT2D eigenvalue weighted by Crippen LogP contribution is -2.05. The highest BCUT2D eigenvalue weighted by molar-refractivity contribution is 5.83. The van der Waals surface area contributed by atoms with E-state index in [1.165, 1.54) is 10.9 Å². The zero-order chi connectivity index (χ0) is 18.6. The number of pyridine rings is 1. The van der Waals surface area contributed by atoms with E-state index in [0.29, 0.717) is 12.0 Å². The van der Waals surface area contributed by atoms with Gasteiger partial charge in [0.1, 0.15) is 12.7 Å². The van der Waals surface area contributed by atoms with Crippen molar-refractivity contribution in [2.75, 3.05) is 0 Å². The molecule has 4 rings (SSSR count). The number of aromatic nitrogens is 2. The molecular weight excluding hydrogens is 338 g/mol. The van der Waals surface area contributed by atoms with Gasteiger partial charge >= 0.3 is 5.97 Å². The number of hydrogen-bond donors (Lipinski definition) is 1. The van der Waals surface area contributed by atoms with E-state index in [9.17, 15) is 10.1 Å². The maximum Gasteiger partial charge on any atom is 0.306 e. The highest BCUT2D eigenvalue weighted by atomic mass is 16.5. The molecule has 134 valence electrons. The highest BCUT2D eigenvalue weighted by Crippen LogP contribution is 2.21. The van der Waals surface area contributed by atoms with Crippen molar-refractivity contribution in [2.45, 2.75) is 25.9 Å². The zero-order valence-electron chi connectivity index (χ0n) is 14.8. The van der Waals surface area contributed by atoms with Crippen LogP contribution in [0.3, 0.4) is 0 Å². The number of esters is 1. The summed E-state index contributed by atoms with van der Waals surface area (Å²) in [6.07, 6.45) is 7.62. The van der Waals surface area contributed by atoms with E-state index in [4.69, 9.17) is 4.74 Å². The molecule has 0 unspecified atom stereocenters. The molecule has 3 heterocycles. The molecule has 0 saturated carbocycles. The van der Waals surface area contributed by atoms with Crippen LogP contribution in [0.4, 0.5) is 0 Å². The van der Waals surface area contributed by atoms with Crippen molar-refractivity contribution in [1.82, 2.24) is 9.38 Å². The Labute approximate surface area is 156 Å². The second-order valence-electron chi connectivity index (χ2n) is 6.51. The van der Waals surface area contributed by atoms with Crippen LogP contribution in [0.15, 0.2) is 61.1 Å². The summed E-state index contributed by atoms with van der Waals surface area (Å²) in [5.74, 6) is -0.242. The maximum atomic E-state index is 12.1. The van der Waals surface area contributed by atoms with E-state index in [2.05, 4.69) is 17.1 Å². The maximum absolute atomic E-state index is 12.1. The van der Waals surface area contributed by atoms with E-state index < -0.39 is 0 Å². The first-order valence-corrected chi connectivity index (χ1v) is 8.95. The third kappa shape index (κ3) is 3.42. The first-order valence-electron chi connectivity index (χ1n) is 8.95. The molecule has 0 bridgehead atoms. The summed E-state index contributed by atoms with van der Waals surface area (Å²) in [6, 6.07) is 16.0. The molecule has 0 aliphatic rings. The van der Waals surface area contributed by atoms with Crippen LogP contribution >= 0.6 is 0 Å². The molecule has 3 aromatic heterocycles. The van der Waals surface area contributed by atoms with Gasteiger partial charge in [-0.1, -0.05) is 24.3 Å². The van der Waals surface area contributed by atoms with Crippen LogP contribution in [0.25, 0.3) is 16.4 Å². The van der Waals surface area contributed by atoms with Crippen LogP contribution in [0, 0.1) is 11.3 Å². The van der Waals surface area contributed by atoms with Crippen LogP contribution in [-0.4, -0.2) is 15.4 Å². The van der Waals surface area contributed by atoms with Crippen molar-refractivity contribution in [2.24, 2.45) is 0 Å². The average Bonchev–Trinajstić information content (AvgIpc) is 3.27. The Kier molecular flexibility index (Phi) is 4.63. The molecule has 5 nitrogen and oxygen atoms in total. The number of H-pyrrole nitrogens is 1. The number of carbonyl (C=O) groups excluding carboxylic acids is 1. The second kappa shape index (κ2) is 7.38. The summed E-state index contributed by atoms with van der Waals surface area (Å²) in [4.78, 5) is 15.4.